The maximum absolute atomic E-state index is 11.4. The standard InChI is InChI=1S/C17H14O4/c1-12(2)17(19)21-16-9-5-14(6-10-16)13-3-7-15(8-4-13)20-11-18/h3-11H,1H2,2H3. The summed E-state index contributed by atoms with van der Waals surface area (Å²) in [6.07, 6.45) is 0. The average Bonchev–Trinajstić information content (AvgIpc) is 2.49. The molecule has 0 aliphatic carbocycles. The molecule has 0 radical (unpaired) electrons. The van der Waals surface area contributed by atoms with Crippen LogP contribution in [0.25, 0.3) is 11.1 Å². The van der Waals surface area contributed by atoms with Gasteiger partial charge in [0.1, 0.15) is 11.5 Å². The molecule has 2 rings (SSSR count). The van der Waals surface area contributed by atoms with E-state index in [9.17, 15) is 9.59 Å². The molecule has 4 nitrogen and oxygen atoms in total. The van der Waals surface area contributed by atoms with E-state index in [4.69, 9.17) is 9.47 Å². The van der Waals surface area contributed by atoms with Crippen molar-refractivity contribution in [2.75, 3.05) is 0 Å². The Morgan fingerprint density at radius 1 is 0.952 bits per heavy atom. The number of hydrogen-bond donors (Lipinski definition) is 0. The second-order valence-corrected chi connectivity index (χ2v) is 4.43. The summed E-state index contributed by atoms with van der Waals surface area (Å²) in [5, 5.41) is 0. The fourth-order valence-electron chi connectivity index (χ4n) is 1.69. The van der Waals surface area contributed by atoms with Gasteiger partial charge in [-0.1, -0.05) is 30.8 Å². The summed E-state index contributed by atoms with van der Waals surface area (Å²) < 4.78 is 9.86. The van der Waals surface area contributed by atoms with Crippen LogP contribution in [0.3, 0.4) is 0 Å². The number of carbonyl (C=O) groups is 2. The Labute approximate surface area is 122 Å². The lowest BCUT2D eigenvalue weighted by Gasteiger charge is -2.06. The molecule has 0 aromatic heterocycles. The van der Waals surface area contributed by atoms with E-state index < -0.39 is 5.97 Å². The lowest BCUT2D eigenvalue weighted by molar-refractivity contribution is -0.130. The molecule has 0 aliphatic heterocycles. The predicted octanol–water partition coefficient (Wildman–Crippen LogP) is 3.37. The number of rotatable bonds is 5. The maximum atomic E-state index is 11.4. The van der Waals surface area contributed by atoms with Gasteiger partial charge in [0, 0.05) is 5.57 Å². The van der Waals surface area contributed by atoms with Crippen LogP contribution in [-0.4, -0.2) is 12.4 Å². The molecular weight excluding hydrogens is 268 g/mol. The highest BCUT2D eigenvalue weighted by Crippen LogP contribution is 2.24. The highest BCUT2D eigenvalue weighted by molar-refractivity contribution is 5.88. The minimum Gasteiger partial charge on any atom is -0.429 e. The van der Waals surface area contributed by atoms with E-state index >= 15 is 0 Å². The first-order valence-electron chi connectivity index (χ1n) is 6.28. The monoisotopic (exact) mass is 282 g/mol. The lowest BCUT2D eigenvalue weighted by Crippen LogP contribution is -2.07. The Morgan fingerprint density at radius 3 is 1.86 bits per heavy atom. The van der Waals surface area contributed by atoms with Crippen molar-refractivity contribution in [3.8, 4) is 22.6 Å². The van der Waals surface area contributed by atoms with Gasteiger partial charge in [-0.05, 0) is 42.3 Å². The van der Waals surface area contributed by atoms with Crippen molar-refractivity contribution in [3.63, 3.8) is 0 Å². The SMILES string of the molecule is C=C(C)C(=O)Oc1ccc(-c2ccc(OC=O)cc2)cc1. The van der Waals surface area contributed by atoms with Gasteiger partial charge in [0.05, 0.1) is 0 Å². The molecule has 2 aromatic carbocycles. The quantitative estimate of drug-likeness (QED) is 0.365. The smallest absolute Gasteiger partial charge is 0.338 e. The summed E-state index contributed by atoms with van der Waals surface area (Å²) in [5.74, 6) is 0.506. The lowest BCUT2D eigenvalue weighted by atomic mass is 10.1. The van der Waals surface area contributed by atoms with Gasteiger partial charge in [0.2, 0.25) is 0 Å². The zero-order valence-corrected chi connectivity index (χ0v) is 11.5. The summed E-state index contributed by atoms with van der Waals surface area (Å²) in [7, 11) is 0. The molecule has 4 heteroatoms. The molecule has 0 aliphatic rings. The van der Waals surface area contributed by atoms with E-state index in [-0.39, 0.29) is 0 Å². The van der Waals surface area contributed by atoms with Crippen molar-refractivity contribution in [2.45, 2.75) is 6.92 Å². The molecule has 106 valence electrons. The summed E-state index contributed by atoms with van der Waals surface area (Å²) in [6.45, 7) is 5.51. The molecule has 0 spiro atoms. The van der Waals surface area contributed by atoms with Crippen LogP contribution in [0.1, 0.15) is 6.92 Å². The molecule has 0 fully saturated rings. The normalized spacial score (nSPS) is 9.76. The Bertz CT molecular complexity index is 654. The third kappa shape index (κ3) is 3.79. The molecular formula is C17H14O4. The van der Waals surface area contributed by atoms with E-state index in [1.54, 1.807) is 31.2 Å². The van der Waals surface area contributed by atoms with Crippen molar-refractivity contribution >= 4 is 12.4 Å². The fourth-order valence-corrected chi connectivity index (χ4v) is 1.69. The van der Waals surface area contributed by atoms with E-state index in [2.05, 4.69) is 6.58 Å². The Balaban J connectivity index is 2.13. The summed E-state index contributed by atoms with van der Waals surface area (Å²) in [5.41, 5.74) is 2.28. The number of benzene rings is 2. The Kier molecular flexibility index (Phi) is 4.51. The van der Waals surface area contributed by atoms with Gasteiger partial charge >= 0.3 is 5.97 Å². The van der Waals surface area contributed by atoms with E-state index in [0.29, 0.717) is 23.5 Å². The van der Waals surface area contributed by atoms with Crippen molar-refractivity contribution in [2.24, 2.45) is 0 Å². The second-order valence-electron chi connectivity index (χ2n) is 4.43. The molecule has 0 unspecified atom stereocenters. The van der Waals surface area contributed by atoms with Crippen LogP contribution >= 0.6 is 0 Å². The summed E-state index contributed by atoms with van der Waals surface area (Å²) >= 11 is 0. The van der Waals surface area contributed by atoms with Gasteiger partial charge in [-0.25, -0.2) is 4.79 Å². The summed E-state index contributed by atoms with van der Waals surface area (Å²) in [4.78, 5) is 21.6. The average molecular weight is 282 g/mol. The third-order valence-electron chi connectivity index (χ3n) is 2.79. The highest BCUT2D eigenvalue weighted by atomic mass is 16.5. The van der Waals surface area contributed by atoms with Gasteiger partial charge < -0.3 is 9.47 Å². The minimum absolute atomic E-state index is 0.352. The maximum Gasteiger partial charge on any atom is 0.338 e. The summed E-state index contributed by atoms with van der Waals surface area (Å²) in [6, 6.07) is 14.2. The van der Waals surface area contributed by atoms with E-state index in [0.717, 1.165) is 11.1 Å². The largest absolute Gasteiger partial charge is 0.429 e. The highest BCUT2D eigenvalue weighted by Gasteiger charge is 2.05. The van der Waals surface area contributed by atoms with Gasteiger partial charge in [-0.2, -0.15) is 0 Å². The van der Waals surface area contributed by atoms with Gasteiger partial charge in [0.15, 0.2) is 0 Å². The zero-order chi connectivity index (χ0) is 15.2. The fraction of sp³-hybridized carbons (Fsp3) is 0.0588. The van der Waals surface area contributed by atoms with Gasteiger partial charge in [-0.3, -0.25) is 4.79 Å². The number of carbonyl (C=O) groups excluding carboxylic acids is 2. The van der Waals surface area contributed by atoms with Gasteiger partial charge in [-0.15, -0.1) is 0 Å². The van der Waals surface area contributed by atoms with Crippen LogP contribution in [-0.2, 0) is 9.59 Å². The van der Waals surface area contributed by atoms with Gasteiger partial charge in [0.25, 0.3) is 6.47 Å². The third-order valence-corrected chi connectivity index (χ3v) is 2.79. The Morgan fingerprint density at radius 2 is 1.43 bits per heavy atom. The van der Waals surface area contributed by atoms with Crippen LogP contribution in [0, 0.1) is 0 Å². The molecule has 0 amide bonds. The van der Waals surface area contributed by atoms with Crippen molar-refractivity contribution in [1.82, 2.24) is 0 Å². The molecule has 0 saturated carbocycles. The molecule has 0 N–H and O–H groups in total. The van der Waals surface area contributed by atoms with Crippen molar-refractivity contribution < 1.29 is 19.1 Å². The topological polar surface area (TPSA) is 52.6 Å². The minimum atomic E-state index is -0.446. The predicted molar refractivity (Wildman–Crippen MR) is 79.0 cm³/mol. The molecule has 0 saturated heterocycles. The van der Waals surface area contributed by atoms with E-state index in [1.165, 1.54) is 0 Å². The number of hydrogen-bond acceptors (Lipinski definition) is 4. The Hall–Kier alpha value is -2.88. The van der Waals surface area contributed by atoms with Crippen LogP contribution in [0.5, 0.6) is 11.5 Å². The molecule has 21 heavy (non-hydrogen) atoms. The number of esters is 1. The van der Waals surface area contributed by atoms with Crippen molar-refractivity contribution in [3.05, 3.63) is 60.7 Å². The molecule has 0 heterocycles. The van der Waals surface area contributed by atoms with Crippen LogP contribution in [0.15, 0.2) is 60.7 Å². The second kappa shape index (κ2) is 6.52. The molecule has 2 aromatic rings. The van der Waals surface area contributed by atoms with Crippen LogP contribution in [0.2, 0.25) is 0 Å². The molecule has 0 atom stereocenters. The first-order valence-corrected chi connectivity index (χ1v) is 6.28. The van der Waals surface area contributed by atoms with Crippen molar-refractivity contribution in [1.29, 1.82) is 0 Å². The number of ether oxygens (including phenoxy) is 2. The first kappa shape index (κ1) is 14.5. The molecule has 0 bridgehead atoms. The zero-order valence-electron chi connectivity index (χ0n) is 11.5. The first-order chi connectivity index (χ1) is 10.1. The van der Waals surface area contributed by atoms with E-state index in [1.807, 2.05) is 24.3 Å². The van der Waals surface area contributed by atoms with Crippen LogP contribution in [0.4, 0.5) is 0 Å². The van der Waals surface area contributed by atoms with Crippen LogP contribution < -0.4 is 9.47 Å².